The Labute approximate surface area is 121 Å². The predicted octanol–water partition coefficient (Wildman–Crippen LogP) is 2.75. The van der Waals surface area contributed by atoms with E-state index in [-0.39, 0.29) is 5.91 Å². The Balaban J connectivity index is 2.39. The molecule has 0 aliphatic rings. The lowest BCUT2D eigenvalue weighted by molar-refractivity contribution is 0.0943. The van der Waals surface area contributed by atoms with Gasteiger partial charge in [0.2, 0.25) is 0 Å². The Bertz CT molecular complexity index is 384. The first-order valence-electron chi connectivity index (χ1n) is 6.07. The summed E-state index contributed by atoms with van der Waals surface area (Å²) in [5.41, 5.74) is 0. The molecule has 0 atom stereocenters. The van der Waals surface area contributed by atoms with Crippen LogP contribution in [0.15, 0.2) is 10.1 Å². The van der Waals surface area contributed by atoms with Crippen LogP contribution in [0.2, 0.25) is 0 Å². The minimum atomic E-state index is -0.0503. The summed E-state index contributed by atoms with van der Waals surface area (Å²) in [6.07, 6.45) is 1.59. The number of amides is 1. The molecule has 0 bridgehead atoms. The molecule has 0 saturated heterocycles. The van der Waals surface area contributed by atoms with Gasteiger partial charge in [-0.25, -0.2) is 4.98 Å². The molecular weight excluding hydrogens is 314 g/mol. The van der Waals surface area contributed by atoms with Crippen LogP contribution in [-0.4, -0.2) is 41.0 Å². The van der Waals surface area contributed by atoms with Crippen molar-refractivity contribution >= 4 is 33.2 Å². The van der Waals surface area contributed by atoms with Crippen LogP contribution in [0.5, 0.6) is 0 Å². The van der Waals surface area contributed by atoms with E-state index in [1.165, 1.54) is 11.3 Å². The van der Waals surface area contributed by atoms with E-state index in [4.69, 9.17) is 0 Å². The molecule has 0 aliphatic heterocycles. The van der Waals surface area contributed by atoms with Crippen molar-refractivity contribution in [2.45, 2.75) is 39.8 Å². The first-order valence-corrected chi connectivity index (χ1v) is 7.68. The molecule has 1 rings (SSSR count). The van der Waals surface area contributed by atoms with Gasteiger partial charge in [-0.05, 0) is 43.6 Å². The average Bonchev–Trinajstić information content (AvgIpc) is 2.69. The third-order valence-corrected chi connectivity index (χ3v) is 4.16. The van der Waals surface area contributed by atoms with Gasteiger partial charge in [0.05, 0.1) is 6.20 Å². The Morgan fingerprint density at radius 1 is 1.44 bits per heavy atom. The van der Waals surface area contributed by atoms with Crippen LogP contribution in [0.1, 0.15) is 37.4 Å². The lowest BCUT2D eigenvalue weighted by Crippen LogP contribution is -2.42. The van der Waals surface area contributed by atoms with Crippen LogP contribution in [0.3, 0.4) is 0 Å². The van der Waals surface area contributed by atoms with E-state index in [9.17, 15) is 4.79 Å². The molecule has 0 fully saturated rings. The highest BCUT2D eigenvalue weighted by Gasteiger charge is 2.14. The molecule has 18 heavy (non-hydrogen) atoms. The maximum absolute atomic E-state index is 11.8. The molecule has 102 valence electrons. The van der Waals surface area contributed by atoms with Gasteiger partial charge < -0.3 is 5.32 Å². The van der Waals surface area contributed by atoms with E-state index in [1.54, 1.807) is 6.20 Å². The zero-order valence-electron chi connectivity index (χ0n) is 11.2. The van der Waals surface area contributed by atoms with Crippen LogP contribution in [-0.2, 0) is 0 Å². The fourth-order valence-electron chi connectivity index (χ4n) is 1.86. The third kappa shape index (κ3) is 4.66. The normalized spacial score (nSPS) is 11.6. The number of carbonyl (C=O) groups excluding carboxylic acids is 1. The summed E-state index contributed by atoms with van der Waals surface area (Å²) in [6.45, 7) is 10.2. The minimum Gasteiger partial charge on any atom is -0.350 e. The second-order valence-electron chi connectivity index (χ2n) is 4.66. The first kappa shape index (κ1) is 15.6. The van der Waals surface area contributed by atoms with Crippen LogP contribution in [0, 0.1) is 0 Å². The van der Waals surface area contributed by atoms with Gasteiger partial charge in [0.1, 0.15) is 4.88 Å². The monoisotopic (exact) mass is 333 g/mol. The molecule has 0 unspecified atom stereocenters. The van der Waals surface area contributed by atoms with Gasteiger partial charge >= 0.3 is 0 Å². The Morgan fingerprint density at radius 3 is 2.50 bits per heavy atom. The van der Waals surface area contributed by atoms with Crippen molar-refractivity contribution in [1.29, 1.82) is 0 Å². The molecule has 1 aromatic heterocycles. The van der Waals surface area contributed by atoms with Crippen molar-refractivity contribution in [2.24, 2.45) is 0 Å². The molecule has 4 nitrogen and oxygen atoms in total. The molecule has 1 amide bonds. The molecule has 1 aromatic rings. The van der Waals surface area contributed by atoms with Crippen molar-refractivity contribution < 1.29 is 4.79 Å². The van der Waals surface area contributed by atoms with Crippen molar-refractivity contribution in [3.8, 4) is 0 Å². The lowest BCUT2D eigenvalue weighted by Gasteiger charge is -2.30. The van der Waals surface area contributed by atoms with E-state index < -0.39 is 0 Å². The molecular formula is C12H20BrN3OS. The first-order chi connectivity index (χ1) is 8.41. The zero-order valence-corrected chi connectivity index (χ0v) is 13.6. The quantitative estimate of drug-likeness (QED) is 0.870. The van der Waals surface area contributed by atoms with Crippen LogP contribution in [0.25, 0.3) is 0 Å². The smallest absolute Gasteiger partial charge is 0.263 e. The number of nitrogens with zero attached hydrogens (tertiary/aromatic N) is 2. The fourth-order valence-corrected chi connectivity index (χ4v) is 3.04. The summed E-state index contributed by atoms with van der Waals surface area (Å²) in [4.78, 5) is 18.8. The lowest BCUT2D eigenvalue weighted by atomic mass is 10.2. The summed E-state index contributed by atoms with van der Waals surface area (Å²) in [5, 5.41) is 2.92. The van der Waals surface area contributed by atoms with Gasteiger partial charge in [-0.1, -0.05) is 0 Å². The highest BCUT2D eigenvalue weighted by molar-refractivity contribution is 9.11. The van der Waals surface area contributed by atoms with E-state index in [0.29, 0.717) is 23.5 Å². The maximum Gasteiger partial charge on any atom is 0.263 e. The molecule has 0 aromatic carbocycles. The topological polar surface area (TPSA) is 45.2 Å². The van der Waals surface area contributed by atoms with Crippen LogP contribution >= 0.6 is 27.3 Å². The summed E-state index contributed by atoms with van der Waals surface area (Å²) in [5.74, 6) is -0.0503. The number of hydrogen-bond acceptors (Lipinski definition) is 4. The average molecular weight is 334 g/mol. The zero-order chi connectivity index (χ0) is 13.7. The number of thiazole rings is 1. The van der Waals surface area contributed by atoms with Gasteiger partial charge in [0.25, 0.3) is 5.91 Å². The number of aromatic nitrogens is 1. The molecule has 0 aliphatic carbocycles. The maximum atomic E-state index is 11.8. The van der Waals surface area contributed by atoms with E-state index in [0.717, 1.165) is 10.5 Å². The van der Waals surface area contributed by atoms with E-state index in [1.807, 2.05) is 0 Å². The van der Waals surface area contributed by atoms with Crippen LogP contribution < -0.4 is 5.32 Å². The summed E-state index contributed by atoms with van der Waals surface area (Å²) in [6, 6.07) is 0.971. The van der Waals surface area contributed by atoms with E-state index in [2.05, 4.69) is 58.8 Å². The molecule has 1 N–H and O–H groups in total. The van der Waals surface area contributed by atoms with Crippen molar-refractivity contribution in [3.05, 3.63) is 15.0 Å². The van der Waals surface area contributed by atoms with E-state index >= 15 is 0 Å². The molecule has 0 spiro atoms. The molecule has 6 heteroatoms. The molecule has 0 radical (unpaired) electrons. The number of halogens is 1. The van der Waals surface area contributed by atoms with Crippen LogP contribution in [0.4, 0.5) is 0 Å². The Morgan fingerprint density at radius 2 is 2.06 bits per heavy atom. The van der Waals surface area contributed by atoms with Gasteiger partial charge in [0.15, 0.2) is 3.92 Å². The highest BCUT2D eigenvalue weighted by atomic mass is 79.9. The summed E-state index contributed by atoms with van der Waals surface area (Å²) >= 11 is 4.60. The second kappa shape index (κ2) is 7.21. The number of carbonyl (C=O) groups is 1. The van der Waals surface area contributed by atoms with Crippen molar-refractivity contribution in [2.75, 3.05) is 13.1 Å². The van der Waals surface area contributed by atoms with Gasteiger partial charge in [-0.15, -0.1) is 11.3 Å². The fraction of sp³-hybridized carbons (Fsp3) is 0.667. The Kier molecular flexibility index (Phi) is 6.25. The van der Waals surface area contributed by atoms with Crippen molar-refractivity contribution in [1.82, 2.24) is 15.2 Å². The van der Waals surface area contributed by atoms with Gasteiger partial charge in [-0.2, -0.15) is 0 Å². The molecule has 0 saturated carbocycles. The third-order valence-electron chi connectivity index (χ3n) is 2.68. The second-order valence-corrected chi connectivity index (χ2v) is 6.97. The number of rotatable bonds is 6. The van der Waals surface area contributed by atoms with Gasteiger partial charge in [0, 0.05) is 25.2 Å². The van der Waals surface area contributed by atoms with Crippen molar-refractivity contribution in [3.63, 3.8) is 0 Å². The predicted molar refractivity (Wildman–Crippen MR) is 79.1 cm³/mol. The SMILES string of the molecule is CC(C)N(CCNC(=O)c1cnc(Br)s1)C(C)C. The standard InChI is InChI=1S/C12H20BrN3OS/c1-8(2)16(9(3)4)6-5-14-11(17)10-7-15-12(13)18-10/h7-9H,5-6H2,1-4H3,(H,14,17). The number of nitrogens with one attached hydrogen (secondary N) is 1. The Hall–Kier alpha value is -0.460. The van der Waals surface area contributed by atoms with Gasteiger partial charge in [-0.3, -0.25) is 9.69 Å². The number of hydrogen-bond donors (Lipinski definition) is 1. The summed E-state index contributed by atoms with van der Waals surface area (Å²) < 4.78 is 0.735. The summed E-state index contributed by atoms with van der Waals surface area (Å²) in [7, 11) is 0. The minimum absolute atomic E-state index is 0.0503. The largest absolute Gasteiger partial charge is 0.350 e. The highest BCUT2D eigenvalue weighted by Crippen LogP contribution is 2.17. The molecule has 1 heterocycles.